The lowest BCUT2D eigenvalue weighted by molar-refractivity contribution is -0.139. The number of hydrogen-bond acceptors (Lipinski definition) is 4. The minimum Gasteiger partial charge on any atom is -0.481 e. The maximum absolute atomic E-state index is 11.0. The largest absolute Gasteiger partial charge is 0.481 e. The first kappa shape index (κ1) is 13.1. The number of aliphatic carboxylic acids is 1. The highest BCUT2D eigenvalue weighted by Crippen LogP contribution is 2.43. The van der Waals surface area contributed by atoms with E-state index in [9.17, 15) is 4.79 Å². The summed E-state index contributed by atoms with van der Waals surface area (Å²) in [6, 6.07) is 0. The van der Waals surface area contributed by atoms with Crippen LogP contribution in [0, 0.1) is 5.41 Å². The zero-order valence-corrected chi connectivity index (χ0v) is 10.8. The van der Waals surface area contributed by atoms with Crippen LogP contribution in [-0.2, 0) is 17.6 Å². The van der Waals surface area contributed by atoms with Gasteiger partial charge in [0.15, 0.2) is 0 Å². The topological polar surface area (TPSA) is 76.2 Å². The van der Waals surface area contributed by atoms with Gasteiger partial charge in [-0.25, -0.2) is 0 Å². The van der Waals surface area contributed by atoms with E-state index in [0.717, 1.165) is 38.5 Å². The molecule has 5 nitrogen and oxygen atoms in total. The van der Waals surface area contributed by atoms with Crippen molar-refractivity contribution in [1.82, 2.24) is 10.2 Å². The first-order valence-electron chi connectivity index (χ1n) is 6.67. The average Bonchev–Trinajstić information content (AvgIpc) is 2.89. The van der Waals surface area contributed by atoms with Gasteiger partial charge in [0.05, 0.1) is 6.42 Å². The fourth-order valence-corrected chi connectivity index (χ4v) is 2.86. The van der Waals surface area contributed by atoms with E-state index in [1.54, 1.807) is 0 Å². The molecule has 1 N–H and O–H groups in total. The molecule has 5 heteroatoms. The van der Waals surface area contributed by atoms with Gasteiger partial charge in [-0.1, -0.05) is 19.8 Å². The monoisotopic (exact) mass is 252 g/mol. The Hall–Kier alpha value is -1.39. The number of carboxylic acid groups (broad SMARTS) is 1. The lowest BCUT2D eigenvalue weighted by Crippen LogP contribution is -2.23. The van der Waals surface area contributed by atoms with Crippen LogP contribution in [0.1, 0.15) is 57.2 Å². The van der Waals surface area contributed by atoms with Crippen LogP contribution >= 0.6 is 0 Å². The van der Waals surface area contributed by atoms with Crippen LogP contribution in [0.25, 0.3) is 0 Å². The van der Waals surface area contributed by atoms with Gasteiger partial charge in [-0.2, -0.15) is 0 Å². The SMILES string of the molecule is CCCc1nnc(CC2(CC(=O)O)CCCC2)o1. The van der Waals surface area contributed by atoms with Crippen molar-refractivity contribution in [2.75, 3.05) is 0 Å². The molecule has 0 spiro atoms. The Morgan fingerprint density at radius 2 is 2.00 bits per heavy atom. The molecular weight excluding hydrogens is 232 g/mol. The second-order valence-electron chi connectivity index (χ2n) is 5.29. The number of carboxylic acids is 1. The van der Waals surface area contributed by atoms with E-state index in [1.807, 2.05) is 0 Å². The third kappa shape index (κ3) is 3.09. The molecule has 1 fully saturated rings. The Bertz CT molecular complexity index is 408. The van der Waals surface area contributed by atoms with Crippen LogP contribution in [0.5, 0.6) is 0 Å². The Kier molecular flexibility index (Phi) is 3.99. The van der Waals surface area contributed by atoms with Crippen molar-refractivity contribution in [3.8, 4) is 0 Å². The summed E-state index contributed by atoms with van der Waals surface area (Å²) in [4.78, 5) is 11.0. The first-order chi connectivity index (χ1) is 8.63. The van der Waals surface area contributed by atoms with Gasteiger partial charge >= 0.3 is 5.97 Å². The van der Waals surface area contributed by atoms with Crippen LogP contribution < -0.4 is 0 Å². The van der Waals surface area contributed by atoms with Gasteiger partial charge < -0.3 is 9.52 Å². The summed E-state index contributed by atoms with van der Waals surface area (Å²) in [5.74, 6) is 0.530. The molecule has 1 heterocycles. The summed E-state index contributed by atoms with van der Waals surface area (Å²) in [6.45, 7) is 2.06. The van der Waals surface area contributed by atoms with E-state index in [2.05, 4.69) is 17.1 Å². The van der Waals surface area contributed by atoms with E-state index >= 15 is 0 Å². The molecular formula is C13H20N2O3. The third-order valence-corrected chi connectivity index (χ3v) is 3.69. The Balaban J connectivity index is 2.05. The Morgan fingerprint density at radius 3 is 2.61 bits per heavy atom. The quantitative estimate of drug-likeness (QED) is 0.842. The maximum atomic E-state index is 11.0. The number of hydrogen-bond donors (Lipinski definition) is 1. The van der Waals surface area contributed by atoms with E-state index in [1.165, 1.54) is 0 Å². The first-order valence-corrected chi connectivity index (χ1v) is 6.67. The molecule has 0 atom stereocenters. The van der Waals surface area contributed by atoms with Gasteiger partial charge in [0.25, 0.3) is 0 Å². The molecule has 18 heavy (non-hydrogen) atoms. The lowest BCUT2D eigenvalue weighted by Gasteiger charge is -2.24. The molecule has 1 aromatic heterocycles. The molecule has 2 rings (SSSR count). The molecule has 0 aromatic carbocycles. The van der Waals surface area contributed by atoms with Crippen molar-refractivity contribution in [2.24, 2.45) is 5.41 Å². The minimum absolute atomic E-state index is 0.165. The van der Waals surface area contributed by atoms with E-state index in [4.69, 9.17) is 9.52 Å². The highest BCUT2D eigenvalue weighted by Gasteiger charge is 2.37. The lowest BCUT2D eigenvalue weighted by atomic mass is 9.79. The van der Waals surface area contributed by atoms with Crippen LogP contribution in [-0.4, -0.2) is 21.3 Å². The molecule has 1 aromatic rings. The van der Waals surface area contributed by atoms with Gasteiger partial charge in [0.2, 0.25) is 11.8 Å². The maximum Gasteiger partial charge on any atom is 0.303 e. The summed E-state index contributed by atoms with van der Waals surface area (Å²) in [7, 11) is 0. The van der Waals surface area contributed by atoms with Gasteiger partial charge in [0.1, 0.15) is 0 Å². The summed E-state index contributed by atoms with van der Waals surface area (Å²) in [5.41, 5.74) is -0.165. The fourth-order valence-electron chi connectivity index (χ4n) is 2.86. The van der Waals surface area contributed by atoms with Crippen LogP contribution in [0.2, 0.25) is 0 Å². The predicted octanol–water partition coefficient (Wildman–Crippen LogP) is 2.60. The standard InChI is InChI=1S/C13H20N2O3/c1-2-5-10-14-15-11(18-10)8-13(9-12(16)17)6-3-4-7-13/h2-9H2,1H3,(H,16,17). The molecule has 0 amide bonds. The molecule has 1 aliphatic rings. The van der Waals surface area contributed by atoms with Crippen molar-refractivity contribution in [2.45, 2.75) is 58.3 Å². The molecule has 0 aliphatic heterocycles. The number of carbonyl (C=O) groups is 1. The van der Waals surface area contributed by atoms with Gasteiger partial charge in [0, 0.05) is 12.8 Å². The van der Waals surface area contributed by atoms with Crippen molar-refractivity contribution in [1.29, 1.82) is 0 Å². The van der Waals surface area contributed by atoms with Crippen LogP contribution in [0.3, 0.4) is 0 Å². The number of rotatable bonds is 6. The minimum atomic E-state index is -0.731. The van der Waals surface area contributed by atoms with Gasteiger partial charge in [-0.05, 0) is 24.7 Å². The fraction of sp³-hybridized carbons (Fsp3) is 0.769. The molecule has 0 saturated heterocycles. The Labute approximate surface area is 107 Å². The summed E-state index contributed by atoms with van der Waals surface area (Å²) < 4.78 is 5.58. The van der Waals surface area contributed by atoms with Gasteiger partial charge in [-0.3, -0.25) is 4.79 Å². The number of aryl methyl sites for hydroxylation is 1. The normalized spacial score (nSPS) is 18.1. The smallest absolute Gasteiger partial charge is 0.303 e. The van der Waals surface area contributed by atoms with E-state index in [0.29, 0.717) is 18.2 Å². The molecule has 1 aliphatic carbocycles. The zero-order valence-electron chi connectivity index (χ0n) is 10.8. The number of aromatic nitrogens is 2. The molecule has 0 unspecified atom stereocenters. The number of nitrogens with zero attached hydrogens (tertiary/aromatic N) is 2. The molecule has 1 saturated carbocycles. The predicted molar refractivity (Wildman–Crippen MR) is 65.2 cm³/mol. The summed E-state index contributed by atoms with van der Waals surface area (Å²) in [5, 5.41) is 17.1. The van der Waals surface area contributed by atoms with Crippen molar-refractivity contribution < 1.29 is 14.3 Å². The second kappa shape index (κ2) is 5.50. The van der Waals surface area contributed by atoms with Gasteiger partial charge in [-0.15, -0.1) is 10.2 Å². The highest BCUT2D eigenvalue weighted by atomic mass is 16.4. The van der Waals surface area contributed by atoms with Crippen molar-refractivity contribution >= 4 is 5.97 Å². The highest BCUT2D eigenvalue weighted by molar-refractivity contribution is 5.67. The molecule has 0 radical (unpaired) electrons. The van der Waals surface area contributed by atoms with E-state index < -0.39 is 5.97 Å². The third-order valence-electron chi connectivity index (χ3n) is 3.69. The van der Waals surface area contributed by atoms with E-state index in [-0.39, 0.29) is 11.8 Å². The zero-order chi connectivity index (χ0) is 13.0. The summed E-state index contributed by atoms with van der Waals surface area (Å²) >= 11 is 0. The van der Waals surface area contributed by atoms with Crippen molar-refractivity contribution in [3.05, 3.63) is 11.8 Å². The van der Waals surface area contributed by atoms with Crippen molar-refractivity contribution in [3.63, 3.8) is 0 Å². The van der Waals surface area contributed by atoms with Crippen LogP contribution in [0.15, 0.2) is 4.42 Å². The summed E-state index contributed by atoms with van der Waals surface area (Å²) in [6.07, 6.45) is 6.68. The molecule has 100 valence electrons. The second-order valence-corrected chi connectivity index (χ2v) is 5.29. The average molecular weight is 252 g/mol. The molecule has 0 bridgehead atoms. The van der Waals surface area contributed by atoms with Crippen LogP contribution in [0.4, 0.5) is 0 Å². The Morgan fingerprint density at radius 1 is 1.33 bits per heavy atom.